The minimum Gasteiger partial charge on any atom is -0.429 e. The van der Waals surface area contributed by atoms with Gasteiger partial charge < -0.3 is 4.74 Å². The summed E-state index contributed by atoms with van der Waals surface area (Å²) in [6, 6.07) is 3.96. The second kappa shape index (κ2) is 10.1. The fourth-order valence-electron chi connectivity index (χ4n) is 5.68. The fourth-order valence-corrected chi connectivity index (χ4v) is 5.68. The van der Waals surface area contributed by atoms with E-state index in [-0.39, 0.29) is 11.5 Å². The molecule has 8 heteroatoms. The van der Waals surface area contributed by atoms with Gasteiger partial charge in [-0.25, -0.2) is 17.6 Å². The standard InChI is InChI=1S/C27H27F6NO/c1-15-2-4-16(5-3-15)17-6-8-18(9-7-17)20-10-11-22(26(31)25(20)30)27(32,33)35-19-12-23(28)21(14-34)24(29)13-19/h10-13,15-18H,2-9H2,1H3. The molecule has 0 amide bonds. The molecule has 4 rings (SSSR count). The van der Waals surface area contributed by atoms with Crippen LogP contribution in [0.1, 0.15) is 80.9 Å². The number of ether oxygens (including phenoxy) is 1. The van der Waals surface area contributed by atoms with Crippen LogP contribution in [0.25, 0.3) is 0 Å². The van der Waals surface area contributed by atoms with Gasteiger partial charge in [0.05, 0.1) is 0 Å². The maximum atomic E-state index is 14.9. The maximum absolute atomic E-state index is 14.9. The van der Waals surface area contributed by atoms with Gasteiger partial charge in [-0.05, 0) is 73.8 Å². The summed E-state index contributed by atoms with van der Waals surface area (Å²) >= 11 is 0. The van der Waals surface area contributed by atoms with Gasteiger partial charge in [0.15, 0.2) is 11.6 Å². The third kappa shape index (κ3) is 5.29. The van der Waals surface area contributed by atoms with Crippen LogP contribution in [-0.2, 0) is 6.11 Å². The molecule has 0 heterocycles. The SMILES string of the molecule is CC1CCC(C2CCC(c3ccc(C(F)(F)Oc4cc(F)c(C#N)c(F)c4)c(F)c3F)CC2)CC1. The molecule has 2 aromatic carbocycles. The number of benzene rings is 2. The van der Waals surface area contributed by atoms with Crippen molar-refractivity contribution in [2.45, 2.75) is 70.3 Å². The van der Waals surface area contributed by atoms with E-state index in [9.17, 15) is 26.3 Å². The monoisotopic (exact) mass is 495 g/mol. The third-order valence-electron chi connectivity index (χ3n) is 7.74. The van der Waals surface area contributed by atoms with Gasteiger partial charge in [-0.1, -0.05) is 25.8 Å². The Hall–Kier alpha value is -2.69. The second-order valence-electron chi connectivity index (χ2n) is 9.95. The normalized spacial score (nSPS) is 25.2. The Kier molecular flexibility index (Phi) is 7.35. The van der Waals surface area contributed by atoms with E-state index in [1.807, 2.05) is 0 Å². The van der Waals surface area contributed by atoms with Crippen LogP contribution in [0.4, 0.5) is 26.3 Å². The summed E-state index contributed by atoms with van der Waals surface area (Å²) in [6.07, 6.45) is 3.61. The predicted molar refractivity (Wildman–Crippen MR) is 118 cm³/mol. The second-order valence-corrected chi connectivity index (χ2v) is 9.95. The Labute approximate surface area is 200 Å². The van der Waals surface area contributed by atoms with E-state index in [0.29, 0.717) is 36.8 Å². The highest BCUT2D eigenvalue weighted by atomic mass is 19.3. The van der Waals surface area contributed by atoms with E-state index in [1.54, 1.807) is 0 Å². The average Bonchev–Trinajstić information content (AvgIpc) is 2.81. The van der Waals surface area contributed by atoms with Crippen molar-refractivity contribution in [3.63, 3.8) is 0 Å². The van der Waals surface area contributed by atoms with Gasteiger partial charge in [-0.3, -0.25) is 0 Å². The quantitative estimate of drug-likeness (QED) is 0.391. The van der Waals surface area contributed by atoms with Crippen molar-refractivity contribution in [2.75, 3.05) is 0 Å². The lowest BCUT2D eigenvalue weighted by Crippen LogP contribution is -2.26. The number of hydrogen-bond acceptors (Lipinski definition) is 2. The molecule has 0 spiro atoms. The van der Waals surface area contributed by atoms with Crippen molar-refractivity contribution >= 4 is 0 Å². The molecule has 0 aliphatic heterocycles. The van der Waals surface area contributed by atoms with E-state index in [4.69, 9.17) is 5.26 Å². The number of hydrogen-bond donors (Lipinski definition) is 0. The van der Waals surface area contributed by atoms with Crippen molar-refractivity contribution in [1.29, 1.82) is 5.26 Å². The summed E-state index contributed by atoms with van der Waals surface area (Å²) < 4.78 is 90.8. The van der Waals surface area contributed by atoms with Gasteiger partial charge in [0.1, 0.15) is 34.6 Å². The highest BCUT2D eigenvalue weighted by Crippen LogP contribution is 2.45. The molecule has 0 N–H and O–H groups in total. The molecular formula is C27H27F6NO. The van der Waals surface area contributed by atoms with Crippen molar-refractivity contribution in [3.05, 3.63) is 64.2 Å². The lowest BCUT2D eigenvalue weighted by molar-refractivity contribution is -0.187. The van der Waals surface area contributed by atoms with Crippen LogP contribution in [0.5, 0.6) is 5.75 Å². The minimum absolute atomic E-state index is 0.0632. The molecular weight excluding hydrogens is 468 g/mol. The van der Waals surface area contributed by atoms with Crippen molar-refractivity contribution in [2.24, 2.45) is 17.8 Å². The highest BCUT2D eigenvalue weighted by Gasteiger charge is 2.40. The van der Waals surface area contributed by atoms with E-state index in [1.165, 1.54) is 31.8 Å². The van der Waals surface area contributed by atoms with E-state index in [0.717, 1.165) is 30.9 Å². The molecule has 2 saturated carbocycles. The lowest BCUT2D eigenvalue weighted by atomic mass is 9.68. The Bertz CT molecular complexity index is 1090. The first-order chi connectivity index (χ1) is 16.6. The fraction of sp³-hybridized carbons (Fsp3) is 0.519. The van der Waals surface area contributed by atoms with Gasteiger partial charge in [0, 0.05) is 12.1 Å². The Morgan fingerprint density at radius 1 is 0.829 bits per heavy atom. The summed E-state index contributed by atoms with van der Waals surface area (Å²) in [5.41, 5.74) is -2.27. The minimum atomic E-state index is -4.40. The summed E-state index contributed by atoms with van der Waals surface area (Å²) in [7, 11) is 0. The third-order valence-corrected chi connectivity index (χ3v) is 7.74. The van der Waals surface area contributed by atoms with Crippen LogP contribution in [0.2, 0.25) is 0 Å². The summed E-state index contributed by atoms with van der Waals surface area (Å²) in [5.74, 6) is -5.12. The van der Waals surface area contributed by atoms with Crippen LogP contribution < -0.4 is 4.74 Å². The first-order valence-electron chi connectivity index (χ1n) is 12.0. The summed E-state index contributed by atoms with van der Waals surface area (Å²) in [6.45, 7) is 2.27. The number of nitriles is 1. The van der Waals surface area contributed by atoms with E-state index < -0.39 is 46.3 Å². The molecule has 35 heavy (non-hydrogen) atoms. The molecule has 2 aliphatic rings. The molecule has 0 unspecified atom stereocenters. The Balaban J connectivity index is 1.47. The topological polar surface area (TPSA) is 33.0 Å². The highest BCUT2D eigenvalue weighted by molar-refractivity contribution is 5.39. The van der Waals surface area contributed by atoms with Crippen LogP contribution in [0.15, 0.2) is 24.3 Å². The molecule has 0 atom stereocenters. The van der Waals surface area contributed by atoms with Crippen molar-refractivity contribution in [3.8, 4) is 11.8 Å². The van der Waals surface area contributed by atoms with Crippen LogP contribution in [0, 0.1) is 52.4 Å². The lowest BCUT2D eigenvalue weighted by Gasteiger charge is -2.37. The zero-order valence-electron chi connectivity index (χ0n) is 19.4. The first-order valence-corrected chi connectivity index (χ1v) is 12.0. The van der Waals surface area contributed by atoms with Crippen molar-refractivity contribution < 1.29 is 31.1 Å². The van der Waals surface area contributed by atoms with Gasteiger partial charge in [-0.2, -0.15) is 14.0 Å². The number of alkyl halides is 2. The predicted octanol–water partition coefficient (Wildman–Crippen LogP) is 8.34. The smallest absolute Gasteiger partial charge is 0.429 e. The average molecular weight is 496 g/mol. The van der Waals surface area contributed by atoms with Crippen LogP contribution in [0.3, 0.4) is 0 Å². The zero-order valence-corrected chi connectivity index (χ0v) is 19.4. The molecule has 2 aliphatic carbocycles. The Morgan fingerprint density at radius 2 is 1.37 bits per heavy atom. The molecule has 2 aromatic rings. The summed E-state index contributed by atoms with van der Waals surface area (Å²) in [5, 5.41) is 8.68. The van der Waals surface area contributed by atoms with E-state index >= 15 is 0 Å². The van der Waals surface area contributed by atoms with Crippen LogP contribution >= 0.6 is 0 Å². The molecule has 0 saturated heterocycles. The number of rotatable bonds is 5. The van der Waals surface area contributed by atoms with Gasteiger partial charge in [-0.15, -0.1) is 0 Å². The zero-order chi connectivity index (χ0) is 25.3. The molecule has 0 radical (unpaired) electrons. The van der Waals surface area contributed by atoms with Gasteiger partial charge in [0.2, 0.25) is 0 Å². The van der Waals surface area contributed by atoms with Gasteiger partial charge in [0.25, 0.3) is 0 Å². The number of halogens is 6. The van der Waals surface area contributed by atoms with Gasteiger partial charge >= 0.3 is 6.11 Å². The van der Waals surface area contributed by atoms with Crippen molar-refractivity contribution in [1.82, 2.24) is 0 Å². The molecule has 2 nitrogen and oxygen atoms in total. The molecule has 2 fully saturated rings. The first kappa shape index (κ1) is 25.4. The molecule has 0 aromatic heterocycles. The molecule has 188 valence electrons. The summed E-state index contributed by atoms with van der Waals surface area (Å²) in [4.78, 5) is 0. The Morgan fingerprint density at radius 3 is 1.91 bits per heavy atom. The molecule has 0 bridgehead atoms. The van der Waals surface area contributed by atoms with Crippen LogP contribution in [-0.4, -0.2) is 0 Å². The maximum Gasteiger partial charge on any atom is 0.429 e. The van der Waals surface area contributed by atoms with E-state index in [2.05, 4.69) is 11.7 Å². The largest absolute Gasteiger partial charge is 0.429 e. The number of nitrogens with zero attached hydrogens (tertiary/aromatic N) is 1.